The summed E-state index contributed by atoms with van der Waals surface area (Å²) < 4.78 is 0. The topological polar surface area (TPSA) is 41.0 Å². The van der Waals surface area contributed by atoms with Gasteiger partial charge in [0.2, 0.25) is 0 Å². The van der Waals surface area contributed by atoms with E-state index in [2.05, 4.69) is 40.1 Å². The summed E-state index contributed by atoms with van der Waals surface area (Å²) in [6, 6.07) is 2.72. The largest absolute Gasteiger partial charge is 0.367 e. The van der Waals surface area contributed by atoms with E-state index in [9.17, 15) is 0 Å². The van der Waals surface area contributed by atoms with Gasteiger partial charge in [-0.25, -0.2) is 9.97 Å². The molecule has 1 aliphatic rings. The molecule has 1 N–H and O–H groups in total. The number of hydrogen-bond donors (Lipinski definition) is 1. The van der Waals surface area contributed by atoms with Crippen molar-refractivity contribution in [3.8, 4) is 0 Å². The second-order valence-electron chi connectivity index (χ2n) is 4.67. The number of hydrogen-bond acceptors (Lipinski definition) is 4. The molecule has 1 aromatic rings. The first-order valence-corrected chi connectivity index (χ1v) is 6.67. The quantitative estimate of drug-likeness (QED) is 0.787. The molecule has 0 aliphatic heterocycles. The zero-order valence-corrected chi connectivity index (χ0v) is 10.8. The van der Waals surface area contributed by atoms with Crippen molar-refractivity contribution in [2.45, 2.75) is 45.6 Å². The van der Waals surface area contributed by atoms with Gasteiger partial charge < -0.3 is 10.2 Å². The lowest BCUT2D eigenvalue weighted by Gasteiger charge is -2.22. The summed E-state index contributed by atoms with van der Waals surface area (Å²) in [4.78, 5) is 11.0. The third-order valence-electron chi connectivity index (χ3n) is 2.89. The minimum Gasteiger partial charge on any atom is -0.367 e. The third-order valence-corrected chi connectivity index (χ3v) is 2.89. The Labute approximate surface area is 103 Å². The molecule has 4 heteroatoms. The summed E-state index contributed by atoms with van der Waals surface area (Å²) in [5.74, 6) is 2.02. The van der Waals surface area contributed by atoms with Gasteiger partial charge in [0, 0.05) is 25.2 Å². The van der Waals surface area contributed by atoms with Gasteiger partial charge in [0.1, 0.15) is 18.0 Å². The fraction of sp³-hybridized carbons (Fsp3) is 0.692. The van der Waals surface area contributed by atoms with Crippen LogP contribution in [0.15, 0.2) is 12.4 Å². The van der Waals surface area contributed by atoms with E-state index in [4.69, 9.17) is 0 Å². The van der Waals surface area contributed by atoms with Crippen molar-refractivity contribution in [1.82, 2.24) is 9.97 Å². The van der Waals surface area contributed by atoms with Crippen LogP contribution in [0.3, 0.4) is 0 Å². The minimum absolute atomic E-state index is 0.642. The average Bonchev–Trinajstić information content (AvgIpc) is 3.13. The van der Waals surface area contributed by atoms with Crippen LogP contribution in [0.2, 0.25) is 0 Å². The fourth-order valence-corrected chi connectivity index (χ4v) is 1.92. The third kappa shape index (κ3) is 3.58. The van der Waals surface area contributed by atoms with Crippen LogP contribution in [-0.2, 0) is 0 Å². The predicted octanol–water partition coefficient (Wildman–Crippen LogP) is 2.68. The van der Waals surface area contributed by atoms with Crippen molar-refractivity contribution in [2.24, 2.45) is 0 Å². The van der Waals surface area contributed by atoms with Crippen LogP contribution in [0.25, 0.3) is 0 Å². The average molecular weight is 234 g/mol. The van der Waals surface area contributed by atoms with Crippen molar-refractivity contribution in [3.05, 3.63) is 12.4 Å². The summed E-state index contributed by atoms with van der Waals surface area (Å²) >= 11 is 0. The van der Waals surface area contributed by atoms with Gasteiger partial charge >= 0.3 is 0 Å². The van der Waals surface area contributed by atoms with Crippen LogP contribution in [0.1, 0.15) is 39.5 Å². The van der Waals surface area contributed by atoms with Gasteiger partial charge in [-0.05, 0) is 25.7 Å². The Hall–Kier alpha value is -1.32. The SMILES string of the molecule is CCCN(CCC)c1cc(NC2CC2)ncn1. The summed E-state index contributed by atoms with van der Waals surface area (Å²) in [5.41, 5.74) is 0. The molecule has 0 unspecified atom stereocenters. The highest BCUT2D eigenvalue weighted by atomic mass is 15.2. The van der Waals surface area contributed by atoms with Crippen molar-refractivity contribution in [1.29, 1.82) is 0 Å². The van der Waals surface area contributed by atoms with E-state index >= 15 is 0 Å². The summed E-state index contributed by atoms with van der Waals surface area (Å²) in [7, 11) is 0. The number of nitrogens with zero attached hydrogens (tertiary/aromatic N) is 3. The lowest BCUT2D eigenvalue weighted by molar-refractivity contribution is 0.732. The monoisotopic (exact) mass is 234 g/mol. The van der Waals surface area contributed by atoms with Gasteiger partial charge in [-0.2, -0.15) is 0 Å². The van der Waals surface area contributed by atoms with Crippen molar-refractivity contribution < 1.29 is 0 Å². The summed E-state index contributed by atoms with van der Waals surface area (Å²) in [6.07, 6.45) is 6.50. The highest BCUT2D eigenvalue weighted by Crippen LogP contribution is 2.24. The molecule has 0 spiro atoms. The standard InChI is InChI=1S/C13H22N4/c1-3-7-17(8-4-2)13-9-12(14-10-15-13)16-11-5-6-11/h9-11H,3-8H2,1-2H3,(H,14,15,16). The van der Waals surface area contributed by atoms with Gasteiger partial charge in [-0.3, -0.25) is 0 Å². The zero-order valence-electron chi connectivity index (χ0n) is 10.8. The van der Waals surface area contributed by atoms with Crippen LogP contribution in [-0.4, -0.2) is 29.1 Å². The van der Waals surface area contributed by atoms with E-state index in [0.717, 1.165) is 37.6 Å². The van der Waals surface area contributed by atoms with E-state index < -0.39 is 0 Å². The first kappa shape index (κ1) is 12.1. The molecule has 0 bridgehead atoms. The van der Waals surface area contributed by atoms with Gasteiger partial charge in [0.05, 0.1) is 0 Å². The molecule has 1 fully saturated rings. The Morgan fingerprint density at radius 2 is 1.94 bits per heavy atom. The number of anilines is 2. The lowest BCUT2D eigenvalue weighted by atomic mass is 10.3. The number of nitrogens with one attached hydrogen (secondary N) is 1. The first-order valence-electron chi connectivity index (χ1n) is 6.67. The van der Waals surface area contributed by atoms with E-state index in [1.807, 2.05) is 0 Å². The molecule has 2 rings (SSSR count). The number of aromatic nitrogens is 2. The van der Waals surface area contributed by atoms with Crippen molar-refractivity contribution >= 4 is 11.6 Å². The van der Waals surface area contributed by atoms with E-state index in [-0.39, 0.29) is 0 Å². The van der Waals surface area contributed by atoms with E-state index in [0.29, 0.717) is 6.04 Å². The Morgan fingerprint density at radius 1 is 1.24 bits per heavy atom. The predicted molar refractivity (Wildman–Crippen MR) is 71.5 cm³/mol. The molecule has 1 heterocycles. The first-order chi connectivity index (χ1) is 8.33. The molecule has 94 valence electrons. The molecule has 0 atom stereocenters. The van der Waals surface area contributed by atoms with Crippen LogP contribution in [0.4, 0.5) is 11.6 Å². The normalized spacial score (nSPS) is 14.7. The molecular weight excluding hydrogens is 212 g/mol. The van der Waals surface area contributed by atoms with Crippen LogP contribution < -0.4 is 10.2 Å². The molecule has 0 aromatic carbocycles. The maximum Gasteiger partial charge on any atom is 0.134 e. The molecule has 1 saturated carbocycles. The highest BCUT2D eigenvalue weighted by Gasteiger charge is 2.21. The Bertz CT molecular complexity index is 343. The lowest BCUT2D eigenvalue weighted by Crippen LogP contribution is -2.26. The van der Waals surface area contributed by atoms with Gasteiger partial charge in [-0.15, -0.1) is 0 Å². The summed E-state index contributed by atoms with van der Waals surface area (Å²) in [6.45, 7) is 6.53. The van der Waals surface area contributed by atoms with Gasteiger partial charge in [-0.1, -0.05) is 13.8 Å². The molecule has 1 aliphatic carbocycles. The molecule has 17 heavy (non-hydrogen) atoms. The molecular formula is C13H22N4. The Balaban J connectivity index is 2.05. The van der Waals surface area contributed by atoms with Crippen molar-refractivity contribution in [3.63, 3.8) is 0 Å². The fourth-order valence-electron chi connectivity index (χ4n) is 1.92. The molecule has 0 saturated heterocycles. The van der Waals surface area contributed by atoms with Gasteiger partial charge in [0.15, 0.2) is 0 Å². The summed E-state index contributed by atoms with van der Waals surface area (Å²) in [5, 5.41) is 3.42. The van der Waals surface area contributed by atoms with Crippen LogP contribution in [0, 0.1) is 0 Å². The van der Waals surface area contributed by atoms with Crippen molar-refractivity contribution in [2.75, 3.05) is 23.3 Å². The highest BCUT2D eigenvalue weighted by molar-refractivity contribution is 5.49. The maximum absolute atomic E-state index is 4.38. The van der Waals surface area contributed by atoms with E-state index in [1.54, 1.807) is 6.33 Å². The Morgan fingerprint density at radius 3 is 2.53 bits per heavy atom. The molecule has 0 amide bonds. The molecule has 0 radical (unpaired) electrons. The van der Waals surface area contributed by atoms with Crippen LogP contribution in [0.5, 0.6) is 0 Å². The van der Waals surface area contributed by atoms with Gasteiger partial charge in [0.25, 0.3) is 0 Å². The smallest absolute Gasteiger partial charge is 0.134 e. The zero-order chi connectivity index (χ0) is 12.1. The number of rotatable bonds is 7. The minimum atomic E-state index is 0.642. The second kappa shape index (κ2) is 5.84. The Kier molecular flexibility index (Phi) is 4.18. The molecule has 1 aromatic heterocycles. The van der Waals surface area contributed by atoms with E-state index in [1.165, 1.54) is 12.8 Å². The second-order valence-corrected chi connectivity index (χ2v) is 4.67. The maximum atomic E-state index is 4.38. The molecule has 4 nitrogen and oxygen atoms in total. The van der Waals surface area contributed by atoms with Crippen LogP contribution >= 0.6 is 0 Å².